The average Bonchev–Trinajstić information content (AvgIpc) is 2.75. The second-order valence-corrected chi connectivity index (χ2v) is 3.25. The van der Waals surface area contributed by atoms with Gasteiger partial charge in [0, 0.05) is 11.8 Å². The molecule has 0 radical (unpaired) electrons. The molecule has 1 aromatic heterocycles. The van der Waals surface area contributed by atoms with Crippen LogP contribution in [0.1, 0.15) is 10.4 Å². The van der Waals surface area contributed by atoms with Crippen LogP contribution < -0.4 is 0 Å². The number of H-pyrrole nitrogens is 1. The Morgan fingerprint density at radius 1 is 1.35 bits per heavy atom. The second kappa shape index (κ2) is 4.32. The van der Waals surface area contributed by atoms with Crippen LogP contribution in [0, 0.1) is 11.8 Å². The molecule has 0 bridgehead atoms. The average molecular weight is 238 g/mol. The number of halogens is 2. The lowest BCUT2D eigenvalue weighted by molar-refractivity contribution is 0.0595. The number of benzene rings is 1. The van der Waals surface area contributed by atoms with Gasteiger partial charge in [-0.1, -0.05) is 12.1 Å². The van der Waals surface area contributed by atoms with E-state index in [0.29, 0.717) is 0 Å². The van der Waals surface area contributed by atoms with E-state index in [4.69, 9.17) is 0 Å². The fraction of sp³-hybridized carbons (Fsp3) is 0.0909. The molecule has 0 saturated carbocycles. The highest BCUT2D eigenvalue weighted by atomic mass is 19.1. The molecule has 0 aliphatic carbocycles. The summed E-state index contributed by atoms with van der Waals surface area (Å²) in [5.41, 5.74) is -0.321. The van der Waals surface area contributed by atoms with Crippen LogP contribution in [0.4, 0.5) is 8.78 Å². The molecule has 2 aromatic rings. The Morgan fingerprint density at radius 3 is 2.71 bits per heavy atom. The molecule has 17 heavy (non-hydrogen) atoms. The first kappa shape index (κ1) is 11.3. The minimum absolute atomic E-state index is 0.0340. The van der Waals surface area contributed by atoms with Crippen molar-refractivity contribution < 1.29 is 18.3 Å². The van der Waals surface area contributed by atoms with Crippen molar-refractivity contribution in [1.29, 1.82) is 0 Å². The highest BCUT2D eigenvalue weighted by molar-refractivity contribution is 5.91. The SMILES string of the molecule is COC(=O)c1cccc(-c2c[nH]nc2F)c1F. The van der Waals surface area contributed by atoms with Crippen LogP contribution in [0.25, 0.3) is 11.1 Å². The van der Waals surface area contributed by atoms with Crippen LogP contribution in [0.2, 0.25) is 0 Å². The van der Waals surface area contributed by atoms with E-state index in [0.717, 1.165) is 7.11 Å². The lowest BCUT2D eigenvalue weighted by atomic mass is 10.0. The molecule has 1 N–H and O–H groups in total. The minimum Gasteiger partial charge on any atom is -0.465 e. The molecule has 0 fully saturated rings. The van der Waals surface area contributed by atoms with Gasteiger partial charge in [0.05, 0.1) is 18.2 Å². The van der Waals surface area contributed by atoms with Crippen molar-refractivity contribution in [2.24, 2.45) is 0 Å². The van der Waals surface area contributed by atoms with Crippen LogP contribution in [0.15, 0.2) is 24.4 Å². The number of rotatable bonds is 2. The number of nitrogens with one attached hydrogen (secondary N) is 1. The predicted octanol–water partition coefficient (Wildman–Crippen LogP) is 2.14. The molecule has 0 aliphatic rings. The molecular weight excluding hydrogens is 230 g/mol. The van der Waals surface area contributed by atoms with Gasteiger partial charge >= 0.3 is 5.97 Å². The van der Waals surface area contributed by atoms with Crippen molar-refractivity contribution in [2.75, 3.05) is 7.11 Å². The molecule has 0 spiro atoms. The molecule has 0 atom stereocenters. The molecule has 4 nitrogen and oxygen atoms in total. The Labute approximate surface area is 95.2 Å². The number of hydrogen-bond acceptors (Lipinski definition) is 3. The van der Waals surface area contributed by atoms with Gasteiger partial charge in [0.25, 0.3) is 0 Å². The lowest BCUT2D eigenvalue weighted by Gasteiger charge is -2.05. The fourth-order valence-corrected chi connectivity index (χ4v) is 1.47. The Kier molecular flexibility index (Phi) is 2.86. The number of esters is 1. The summed E-state index contributed by atoms with van der Waals surface area (Å²) in [4.78, 5) is 11.3. The molecule has 2 rings (SSSR count). The fourth-order valence-electron chi connectivity index (χ4n) is 1.47. The number of nitrogens with zero attached hydrogens (tertiary/aromatic N) is 1. The standard InChI is InChI=1S/C11H8F2N2O2/c1-17-11(16)7-4-2-3-6(9(7)12)8-5-14-15-10(8)13/h2-5H,1H3,(H,14,15). The molecule has 88 valence electrons. The lowest BCUT2D eigenvalue weighted by Crippen LogP contribution is -2.05. The van der Waals surface area contributed by atoms with E-state index in [1.54, 1.807) is 0 Å². The number of carbonyl (C=O) groups is 1. The summed E-state index contributed by atoms with van der Waals surface area (Å²) in [6.45, 7) is 0. The maximum absolute atomic E-state index is 13.9. The summed E-state index contributed by atoms with van der Waals surface area (Å²) in [5.74, 6) is -2.47. The third-order valence-corrected chi connectivity index (χ3v) is 2.29. The summed E-state index contributed by atoms with van der Waals surface area (Å²) >= 11 is 0. The zero-order valence-electron chi connectivity index (χ0n) is 8.83. The van der Waals surface area contributed by atoms with Gasteiger partial charge in [-0.3, -0.25) is 5.10 Å². The van der Waals surface area contributed by atoms with E-state index < -0.39 is 17.7 Å². The third kappa shape index (κ3) is 1.89. The summed E-state index contributed by atoms with van der Waals surface area (Å²) in [5, 5.41) is 5.53. The Bertz CT molecular complexity index is 566. The van der Waals surface area contributed by atoms with Crippen molar-refractivity contribution in [1.82, 2.24) is 10.2 Å². The van der Waals surface area contributed by atoms with E-state index in [1.807, 2.05) is 0 Å². The van der Waals surface area contributed by atoms with Crippen molar-refractivity contribution in [3.63, 3.8) is 0 Å². The topological polar surface area (TPSA) is 55.0 Å². The number of aromatic nitrogens is 2. The molecule has 0 amide bonds. The Balaban J connectivity index is 2.57. The summed E-state index contributed by atoms with van der Waals surface area (Å²) in [7, 11) is 1.15. The van der Waals surface area contributed by atoms with E-state index >= 15 is 0 Å². The second-order valence-electron chi connectivity index (χ2n) is 3.25. The van der Waals surface area contributed by atoms with Crippen LogP contribution in [-0.4, -0.2) is 23.3 Å². The van der Waals surface area contributed by atoms with E-state index in [-0.39, 0.29) is 16.7 Å². The van der Waals surface area contributed by atoms with Gasteiger partial charge in [0.1, 0.15) is 5.82 Å². The third-order valence-electron chi connectivity index (χ3n) is 2.29. The van der Waals surface area contributed by atoms with Crippen LogP contribution in [0.5, 0.6) is 0 Å². The summed E-state index contributed by atoms with van der Waals surface area (Å²) < 4.78 is 31.6. The van der Waals surface area contributed by atoms with Crippen molar-refractivity contribution in [3.8, 4) is 11.1 Å². The summed E-state index contributed by atoms with van der Waals surface area (Å²) in [6.07, 6.45) is 1.22. The number of carbonyl (C=O) groups excluding carboxylic acids is 1. The number of methoxy groups -OCH3 is 1. The van der Waals surface area contributed by atoms with Gasteiger partial charge in [-0.25, -0.2) is 9.18 Å². The number of ether oxygens (including phenoxy) is 1. The van der Waals surface area contributed by atoms with E-state index in [1.165, 1.54) is 24.4 Å². The first-order chi connectivity index (χ1) is 8.15. The maximum atomic E-state index is 13.9. The molecule has 6 heteroatoms. The Hall–Kier alpha value is -2.24. The van der Waals surface area contributed by atoms with Crippen molar-refractivity contribution in [3.05, 3.63) is 41.7 Å². The summed E-state index contributed by atoms with van der Waals surface area (Å²) in [6, 6.07) is 4.06. The highest BCUT2D eigenvalue weighted by Crippen LogP contribution is 2.26. The smallest absolute Gasteiger partial charge is 0.340 e. The molecule has 0 unspecified atom stereocenters. The van der Waals surface area contributed by atoms with Crippen molar-refractivity contribution >= 4 is 5.97 Å². The molecule has 0 saturated heterocycles. The quantitative estimate of drug-likeness (QED) is 0.815. The van der Waals surface area contributed by atoms with Crippen LogP contribution >= 0.6 is 0 Å². The first-order valence-electron chi connectivity index (χ1n) is 4.71. The van der Waals surface area contributed by atoms with Gasteiger partial charge in [0.2, 0.25) is 5.95 Å². The van der Waals surface area contributed by atoms with Crippen LogP contribution in [-0.2, 0) is 4.74 Å². The molecular formula is C11H8F2N2O2. The normalized spacial score (nSPS) is 10.3. The van der Waals surface area contributed by atoms with Gasteiger partial charge < -0.3 is 4.74 Å². The molecule has 1 heterocycles. The van der Waals surface area contributed by atoms with E-state index in [9.17, 15) is 13.6 Å². The Morgan fingerprint density at radius 2 is 2.12 bits per heavy atom. The van der Waals surface area contributed by atoms with Gasteiger partial charge in [0.15, 0.2) is 0 Å². The predicted molar refractivity (Wildman–Crippen MR) is 55.3 cm³/mol. The largest absolute Gasteiger partial charge is 0.465 e. The minimum atomic E-state index is -0.834. The monoisotopic (exact) mass is 238 g/mol. The number of hydrogen-bond donors (Lipinski definition) is 1. The van der Waals surface area contributed by atoms with Crippen LogP contribution in [0.3, 0.4) is 0 Å². The van der Waals surface area contributed by atoms with Gasteiger partial charge in [-0.2, -0.15) is 4.39 Å². The molecule has 0 aliphatic heterocycles. The number of aromatic amines is 1. The molecule has 1 aromatic carbocycles. The first-order valence-corrected chi connectivity index (χ1v) is 4.71. The van der Waals surface area contributed by atoms with Crippen molar-refractivity contribution in [2.45, 2.75) is 0 Å². The highest BCUT2D eigenvalue weighted by Gasteiger charge is 2.18. The zero-order valence-corrected chi connectivity index (χ0v) is 8.83. The van der Waals surface area contributed by atoms with Gasteiger partial charge in [-0.15, -0.1) is 5.10 Å². The maximum Gasteiger partial charge on any atom is 0.340 e. The zero-order chi connectivity index (χ0) is 12.4. The van der Waals surface area contributed by atoms with Gasteiger partial charge in [-0.05, 0) is 6.07 Å². The van der Waals surface area contributed by atoms with E-state index in [2.05, 4.69) is 14.9 Å².